The minimum absolute atomic E-state index is 0.164. The Bertz CT molecular complexity index is 489. The van der Waals surface area contributed by atoms with Crippen molar-refractivity contribution < 1.29 is 14.4 Å². The first-order chi connectivity index (χ1) is 10.2. The topological polar surface area (TPSA) is 34.0 Å². The predicted molar refractivity (Wildman–Crippen MR) is 81.1 cm³/mol. The summed E-state index contributed by atoms with van der Waals surface area (Å²) in [5.74, 6) is 0.210. The van der Waals surface area contributed by atoms with E-state index in [-0.39, 0.29) is 12.0 Å². The van der Waals surface area contributed by atoms with Crippen molar-refractivity contribution in [2.45, 2.75) is 32.4 Å². The van der Waals surface area contributed by atoms with Crippen molar-refractivity contribution in [1.82, 2.24) is 4.90 Å². The molecule has 1 aromatic carbocycles. The second-order valence-electron chi connectivity index (χ2n) is 6.24. The normalized spacial score (nSPS) is 23.5. The molecule has 3 rings (SSSR count). The van der Waals surface area contributed by atoms with Gasteiger partial charge in [0.15, 0.2) is 0 Å². The summed E-state index contributed by atoms with van der Waals surface area (Å²) >= 11 is 0. The zero-order valence-electron chi connectivity index (χ0n) is 12.8. The van der Waals surface area contributed by atoms with Gasteiger partial charge in [0, 0.05) is 12.2 Å². The molecule has 114 valence electrons. The maximum atomic E-state index is 12.3. The highest BCUT2D eigenvalue weighted by molar-refractivity contribution is 5.81. The van der Waals surface area contributed by atoms with Crippen LogP contribution in [0.4, 0.5) is 0 Å². The number of hydrogen-bond acceptors (Lipinski definition) is 2. The highest BCUT2D eigenvalue weighted by Crippen LogP contribution is 2.14. The molecular weight excluding hydrogens is 264 g/mol. The van der Waals surface area contributed by atoms with E-state index in [1.165, 1.54) is 11.1 Å². The van der Waals surface area contributed by atoms with Crippen LogP contribution in [0.3, 0.4) is 0 Å². The van der Waals surface area contributed by atoms with Crippen LogP contribution in [0.1, 0.15) is 24.0 Å². The summed E-state index contributed by atoms with van der Waals surface area (Å²) in [5.41, 5.74) is 2.71. The average molecular weight is 289 g/mol. The van der Waals surface area contributed by atoms with Gasteiger partial charge in [0.05, 0.1) is 26.2 Å². The summed E-state index contributed by atoms with van der Waals surface area (Å²) in [6, 6.07) is 8.72. The number of carbonyl (C=O) groups excluding carboxylic acids is 1. The Labute approximate surface area is 126 Å². The molecule has 21 heavy (non-hydrogen) atoms. The number of benzene rings is 1. The first kappa shape index (κ1) is 14.5. The number of carbonyl (C=O) groups is 1. The lowest BCUT2D eigenvalue weighted by atomic mass is 10.1. The molecule has 0 aliphatic carbocycles. The Kier molecular flexibility index (Phi) is 4.56. The molecule has 1 atom stereocenters. The van der Waals surface area contributed by atoms with E-state index in [0.29, 0.717) is 0 Å². The van der Waals surface area contributed by atoms with Crippen molar-refractivity contribution in [3.05, 3.63) is 35.4 Å². The van der Waals surface area contributed by atoms with Crippen molar-refractivity contribution in [2.75, 3.05) is 32.8 Å². The SMILES string of the molecule is Cc1cccc(C[NH+]2CCN(C(=O)[C@H]3CCCO3)CC2)c1. The second kappa shape index (κ2) is 6.58. The van der Waals surface area contributed by atoms with Gasteiger partial charge in [-0.05, 0) is 19.8 Å². The molecule has 0 bridgehead atoms. The van der Waals surface area contributed by atoms with E-state index in [1.807, 2.05) is 4.90 Å². The van der Waals surface area contributed by atoms with Gasteiger partial charge in [-0.15, -0.1) is 0 Å². The van der Waals surface area contributed by atoms with Crippen LogP contribution >= 0.6 is 0 Å². The molecule has 2 saturated heterocycles. The monoisotopic (exact) mass is 289 g/mol. The van der Waals surface area contributed by atoms with Gasteiger partial charge in [-0.1, -0.05) is 29.8 Å². The van der Waals surface area contributed by atoms with Crippen molar-refractivity contribution in [3.8, 4) is 0 Å². The second-order valence-corrected chi connectivity index (χ2v) is 6.24. The zero-order chi connectivity index (χ0) is 14.7. The number of hydrogen-bond donors (Lipinski definition) is 1. The summed E-state index contributed by atoms with van der Waals surface area (Å²) in [6.45, 7) is 7.73. The molecule has 1 amide bonds. The summed E-state index contributed by atoms with van der Waals surface area (Å²) in [4.78, 5) is 15.9. The lowest BCUT2D eigenvalue weighted by Crippen LogP contribution is -3.13. The van der Waals surface area contributed by atoms with Gasteiger partial charge in [-0.3, -0.25) is 4.79 Å². The molecule has 2 heterocycles. The molecule has 4 heteroatoms. The molecule has 0 unspecified atom stereocenters. The molecule has 4 nitrogen and oxygen atoms in total. The molecule has 2 fully saturated rings. The average Bonchev–Trinajstić information content (AvgIpc) is 3.01. The van der Waals surface area contributed by atoms with E-state index in [0.717, 1.165) is 52.2 Å². The highest BCUT2D eigenvalue weighted by Gasteiger charge is 2.31. The third-order valence-electron chi connectivity index (χ3n) is 4.52. The maximum absolute atomic E-state index is 12.3. The minimum atomic E-state index is -0.164. The van der Waals surface area contributed by atoms with E-state index < -0.39 is 0 Å². The van der Waals surface area contributed by atoms with Crippen molar-refractivity contribution in [1.29, 1.82) is 0 Å². The van der Waals surface area contributed by atoms with Gasteiger partial charge in [0.25, 0.3) is 5.91 Å². The van der Waals surface area contributed by atoms with Crippen LogP contribution in [0, 0.1) is 6.92 Å². The fourth-order valence-electron chi connectivity index (χ4n) is 3.31. The van der Waals surface area contributed by atoms with Crippen LogP contribution in [0.15, 0.2) is 24.3 Å². The molecule has 0 saturated carbocycles. The van der Waals surface area contributed by atoms with Gasteiger partial charge >= 0.3 is 0 Å². The number of ether oxygens (including phenoxy) is 1. The van der Waals surface area contributed by atoms with E-state index >= 15 is 0 Å². The Morgan fingerprint density at radius 3 is 2.86 bits per heavy atom. The van der Waals surface area contributed by atoms with Crippen LogP contribution in [-0.2, 0) is 16.1 Å². The molecule has 0 spiro atoms. The minimum Gasteiger partial charge on any atom is -0.368 e. The Morgan fingerprint density at radius 2 is 2.19 bits per heavy atom. The standard InChI is InChI=1S/C17H24N2O2/c1-14-4-2-5-15(12-14)13-18-7-9-19(10-8-18)17(20)16-6-3-11-21-16/h2,4-5,12,16H,3,6-11,13H2,1H3/p+1/t16-/m1/s1. The first-order valence-corrected chi connectivity index (χ1v) is 8.02. The van der Waals surface area contributed by atoms with Gasteiger partial charge in [-0.25, -0.2) is 0 Å². The third-order valence-corrected chi connectivity index (χ3v) is 4.52. The van der Waals surface area contributed by atoms with Gasteiger partial charge in [-0.2, -0.15) is 0 Å². The quantitative estimate of drug-likeness (QED) is 0.874. The summed E-state index contributed by atoms with van der Waals surface area (Å²) in [6.07, 6.45) is 1.76. The molecule has 1 N–H and O–H groups in total. The number of amides is 1. The lowest BCUT2D eigenvalue weighted by molar-refractivity contribution is -0.917. The number of rotatable bonds is 3. The van der Waals surface area contributed by atoms with Gasteiger partial charge in [0.2, 0.25) is 0 Å². The maximum Gasteiger partial charge on any atom is 0.252 e. The number of quaternary nitrogens is 1. The summed E-state index contributed by atoms with van der Waals surface area (Å²) < 4.78 is 5.51. The van der Waals surface area contributed by atoms with Crippen molar-refractivity contribution >= 4 is 5.91 Å². The number of piperazine rings is 1. The zero-order valence-corrected chi connectivity index (χ0v) is 12.8. The number of aryl methyl sites for hydroxylation is 1. The van der Waals surface area contributed by atoms with Gasteiger partial charge < -0.3 is 14.5 Å². The summed E-state index contributed by atoms with van der Waals surface area (Å²) in [5, 5.41) is 0. The lowest BCUT2D eigenvalue weighted by Gasteiger charge is -2.33. The van der Waals surface area contributed by atoms with Crippen LogP contribution in [-0.4, -0.2) is 49.7 Å². The Hall–Kier alpha value is -1.39. The van der Waals surface area contributed by atoms with Gasteiger partial charge in [0.1, 0.15) is 12.6 Å². The third kappa shape index (κ3) is 3.63. The molecule has 1 aromatic rings. The largest absolute Gasteiger partial charge is 0.368 e. The predicted octanol–water partition coefficient (Wildman–Crippen LogP) is 0.401. The molecule has 0 aromatic heterocycles. The number of nitrogens with zero attached hydrogens (tertiary/aromatic N) is 1. The van der Waals surface area contributed by atoms with Crippen LogP contribution in [0.5, 0.6) is 0 Å². The van der Waals surface area contributed by atoms with E-state index in [4.69, 9.17) is 4.74 Å². The first-order valence-electron chi connectivity index (χ1n) is 8.02. The Morgan fingerprint density at radius 1 is 1.38 bits per heavy atom. The van der Waals surface area contributed by atoms with Crippen LogP contribution in [0.25, 0.3) is 0 Å². The molecule has 2 aliphatic heterocycles. The van der Waals surface area contributed by atoms with Crippen molar-refractivity contribution in [2.24, 2.45) is 0 Å². The Balaban J connectivity index is 1.49. The smallest absolute Gasteiger partial charge is 0.252 e. The van der Waals surface area contributed by atoms with Crippen LogP contribution < -0.4 is 4.90 Å². The summed E-state index contributed by atoms with van der Waals surface area (Å²) in [7, 11) is 0. The molecule has 2 aliphatic rings. The molecule has 0 radical (unpaired) electrons. The molecular formula is C17H25N2O2+. The van der Waals surface area contributed by atoms with Crippen LogP contribution in [0.2, 0.25) is 0 Å². The number of nitrogens with one attached hydrogen (secondary N) is 1. The van der Waals surface area contributed by atoms with E-state index in [2.05, 4.69) is 31.2 Å². The fourth-order valence-corrected chi connectivity index (χ4v) is 3.31. The van der Waals surface area contributed by atoms with E-state index in [9.17, 15) is 4.79 Å². The van der Waals surface area contributed by atoms with Crippen molar-refractivity contribution in [3.63, 3.8) is 0 Å². The van der Waals surface area contributed by atoms with E-state index in [1.54, 1.807) is 4.90 Å². The highest BCUT2D eigenvalue weighted by atomic mass is 16.5. The fraction of sp³-hybridized carbons (Fsp3) is 0.588.